The molecule has 0 saturated heterocycles. The molecule has 1 heterocycles. The summed E-state index contributed by atoms with van der Waals surface area (Å²) in [5, 5.41) is 5.77. The highest BCUT2D eigenvalue weighted by atomic mass is 16.1. The van der Waals surface area contributed by atoms with Gasteiger partial charge in [0.15, 0.2) is 0 Å². The van der Waals surface area contributed by atoms with Crippen molar-refractivity contribution in [3.05, 3.63) is 54.1 Å². The van der Waals surface area contributed by atoms with E-state index in [1.165, 1.54) is 0 Å². The molecule has 100 valence electrons. The number of hydrogen-bond donors (Lipinski definition) is 3. The first-order chi connectivity index (χ1) is 9.78. The van der Waals surface area contributed by atoms with Crippen molar-refractivity contribution in [1.82, 2.24) is 9.97 Å². The molecular weight excluding hydrogens is 252 g/mol. The number of imidazole rings is 1. The van der Waals surface area contributed by atoms with Crippen LogP contribution in [0.3, 0.4) is 0 Å². The monoisotopic (exact) mass is 266 g/mol. The number of fused-ring (bicyclic) bond motifs is 1. The number of hydrogen-bond acceptors (Lipinski definition) is 3. The zero-order valence-corrected chi connectivity index (χ0v) is 11.0. The number of benzene rings is 2. The van der Waals surface area contributed by atoms with Gasteiger partial charge in [0.1, 0.15) is 0 Å². The lowest BCUT2D eigenvalue weighted by Gasteiger charge is -2.07. The van der Waals surface area contributed by atoms with Gasteiger partial charge in [0, 0.05) is 12.7 Å². The van der Waals surface area contributed by atoms with Crippen molar-refractivity contribution >= 4 is 28.6 Å². The quantitative estimate of drug-likeness (QED) is 0.682. The number of carbonyl (C=O) groups is 1. The van der Waals surface area contributed by atoms with Crippen LogP contribution in [0.25, 0.3) is 11.0 Å². The summed E-state index contributed by atoms with van der Waals surface area (Å²) < 4.78 is 0. The van der Waals surface area contributed by atoms with Crippen LogP contribution >= 0.6 is 0 Å². The highest BCUT2D eigenvalue weighted by molar-refractivity contribution is 6.07. The molecule has 3 rings (SSSR count). The molecule has 0 aliphatic carbocycles. The van der Waals surface area contributed by atoms with Gasteiger partial charge in [0.2, 0.25) is 5.95 Å². The third-order valence-corrected chi connectivity index (χ3v) is 3.06. The summed E-state index contributed by atoms with van der Waals surface area (Å²) in [6.07, 6.45) is 0. The van der Waals surface area contributed by atoms with Crippen molar-refractivity contribution in [2.24, 2.45) is 0 Å². The summed E-state index contributed by atoms with van der Waals surface area (Å²) in [5.74, 6) is 0.246. The molecule has 0 bridgehead atoms. The van der Waals surface area contributed by atoms with Crippen LogP contribution in [-0.4, -0.2) is 22.9 Å². The average Bonchev–Trinajstić information content (AvgIpc) is 2.89. The van der Waals surface area contributed by atoms with Crippen molar-refractivity contribution in [3.63, 3.8) is 0 Å². The molecule has 20 heavy (non-hydrogen) atoms. The Hall–Kier alpha value is -2.82. The van der Waals surface area contributed by atoms with Crippen LogP contribution in [0.2, 0.25) is 0 Å². The van der Waals surface area contributed by atoms with Crippen LogP contribution in [0.5, 0.6) is 0 Å². The molecule has 0 unspecified atom stereocenters. The maximum Gasteiger partial charge on any atom is 0.260 e. The smallest absolute Gasteiger partial charge is 0.260 e. The second kappa shape index (κ2) is 5.05. The second-order valence-corrected chi connectivity index (χ2v) is 4.35. The first-order valence-corrected chi connectivity index (χ1v) is 6.31. The van der Waals surface area contributed by atoms with Crippen molar-refractivity contribution in [1.29, 1.82) is 0 Å². The van der Waals surface area contributed by atoms with Crippen LogP contribution < -0.4 is 10.6 Å². The zero-order chi connectivity index (χ0) is 13.9. The minimum absolute atomic E-state index is 0.200. The Morgan fingerprint density at radius 1 is 1.10 bits per heavy atom. The van der Waals surface area contributed by atoms with Crippen molar-refractivity contribution in [2.75, 3.05) is 17.7 Å². The van der Waals surface area contributed by atoms with Crippen molar-refractivity contribution in [3.8, 4) is 0 Å². The largest absolute Gasteiger partial charge is 0.387 e. The van der Waals surface area contributed by atoms with E-state index in [1.807, 2.05) is 42.5 Å². The van der Waals surface area contributed by atoms with E-state index in [9.17, 15) is 4.79 Å². The topological polar surface area (TPSA) is 69.8 Å². The molecule has 0 saturated carbocycles. The Bertz CT molecular complexity index is 730. The van der Waals surface area contributed by atoms with Crippen LogP contribution in [0.4, 0.5) is 11.6 Å². The number of nitrogens with zero attached hydrogens (tertiary/aromatic N) is 1. The third kappa shape index (κ3) is 2.21. The van der Waals surface area contributed by atoms with Gasteiger partial charge >= 0.3 is 0 Å². The van der Waals surface area contributed by atoms with Crippen LogP contribution in [-0.2, 0) is 0 Å². The Labute approximate surface area is 116 Å². The molecular formula is C15H14N4O. The Morgan fingerprint density at radius 3 is 2.65 bits per heavy atom. The number of aromatic nitrogens is 2. The summed E-state index contributed by atoms with van der Waals surface area (Å²) in [7, 11) is 1.79. The average molecular weight is 266 g/mol. The van der Waals surface area contributed by atoms with E-state index >= 15 is 0 Å². The molecule has 3 N–H and O–H groups in total. The molecule has 1 aromatic heterocycles. The van der Waals surface area contributed by atoms with E-state index < -0.39 is 0 Å². The fraction of sp³-hybridized carbons (Fsp3) is 0.0667. The van der Waals surface area contributed by atoms with Gasteiger partial charge in [-0.2, -0.15) is 0 Å². The SMILES string of the molecule is CNc1ccccc1C(=O)Nc1nc2ccccc2[nH]1. The summed E-state index contributed by atoms with van der Waals surface area (Å²) in [5.41, 5.74) is 3.07. The van der Waals surface area contributed by atoms with Crippen molar-refractivity contribution in [2.45, 2.75) is 0 Å². The Balaban J connectivity index is 1.88. The molecule has 0 atom stereocenters. The highest BCUT2D eigenvalue weighted by Crippen LogP contribution is 2.17. The molecule has 3 aromatic rings. The molecule has 0 aliphatic rings. The lowest BCUT2D eigenvalue weighted by atomic mass is 10.1. The number of amides is 1. The molecule has 0 spiro atoms. The van der Waals surface area contributed by atoms with Gasteiger partial charge in [0.25, 0.3) is 5.91 Å². The number of anilines is 2. The lowest BCUT2D eigenvalue weighted by Crippen LogP contribution is -2.14. The van der Waals surface area contributed by atoms with Gasteiger partial charge in [-0.05, 0) is 24.3 Å². The van der Waals surface area contributed by atoms with Gasteiger partial charge in [0.05, 0.1) is 16.6 Å². The minimum atomic E-state index is -0.200. The van der Waals surface area contributed by atoms with Crippen LogP contribution in [0, 0.1) is 0 Å². The lowest BCUT2D eigenvalue weighted by molar-refractivity contribution is 0.102. The van der Waals surface area contributed by atoms with Crippen LogP contribution in [0.1, 0.15) is 10.4 Å². The van der Waals surface area contributed by atoms with Crippen LogP contribution in [0.15, 0.2) is 48.5 Å². The molecule has 5 nitrogen and oxygen atoms in total. The zero-order valence-electron chi connectivity index (χ0n) is 11.0. The van der Waals surface area contributed by atoms with E-state index in [1.54, 1.807) is 13.1 Å². The number of H-pyrrole nitrogens is 1. The summed E-state index contributed by atoms with van der Waals surface area (Å²) in [6, 6.07) is 15.0. The normalized spacial score (nSPS) is 10.4. The predicted molar refractivity (Wildman–Crippen MR) is 80.0 cm³/mol. The molecule has 1 amide bonds. The predicted octanol–water partition coefficient (Wildman–Crippen LogP) is 2.86. The minimum Gasteiger partial charge on any atom is -0.387 e. The first-order valence-electron chi connectivity index (χ1n) is 6.31. The number of nitrogens with one attached hydrogen (secondary N) is 3. The second-order valence-electron chi connectivity index (χ2n) is 4.35. The summed E-state index contributed by atoms with van der Waals surface area (Å²) in [4.78, 5) is 19.7. The van der Waals surface area contributed by atoms with E-state index in [4.69, 9.17) is 0 Å². The molecule has 5 heteroatoms. The van der Waals surface area contributed by atoms with Gasteiger partial charge in [-0.25, -0.2) is 4.98 Å². The standard InChI is InChI=1S/C15H14N4O/c1-16-11-7-3-2-6-10(11)14(20)19-15-17-12-8-4-5-9-13(12)18-15/h2-9,16H,1H3,(H2,17,18,19,20). The first kappa shape index (κ1) is 12.2. The summed E-state index contributed by atoms with van der Waals surface area (Å²) in [6.45, 7) is 0. The molecule has 0 radical (unpaired) electrons. The van der Waals surface area contributed by atoms with E-state index in [0.29, 0.717) is 11.5 Å². The number of aromatic amines is 1. The van der Waals surface area contributed by atoms with Crippen molar-refractivity contribution < 1.29 is 4.79 Å². The van der Waals surface area contributed by atoms with E-state index in [0.717, 1.165) is 16.7 Å². The fourth-order valence-electron chi connectivity index (χ4n) is 2.09. The highest BCUT2D eigenvalue weighted by Gasteiger charge is 2.12. The van der Waals surface area contributed by atoms with Gasteiger partial charge < -0.3 is 10.3 Å². The Morgan fingerprint density at radius 2 is 1.85 bits per heavy atom. The fourth-order valence-corrected chi connectivity index (χ4v) is 2.09. The number of rotatable bonds is 3. The number of para-hydroxylation sites is 3. The molecule has 0 aliphatic heterocycles. The van der Waals surface area contributed by atoms with Gasteiger partial charge in [-0.3, -0.25) is 10.1 Å². The number of carbonyl (C=O) groups excluding carboxylic acids is 1. The molecule has 2 aromatic carbocycles. The molecule has 0 fully saturated rings. The Kier molecular flexibility index (Phi) is 3.09. The third-order valence-electron chi connectivity index (χ3n) is 3.06. The summed E-state index contributed by atoms with van der Waals surface area (Å²) >= 11 is 0. The van der Waals surface area contributed by atoms with Gasteiger partial charge in [-0.15, -0.1) is 0 Å². The van der Waals surface area contributed by atoms with Gasteiger partial charge in [-0.1, -0.05) is 24.3 Å². The van der Waals surface area contributed by atoms with E-state index in [-0.39, 0.29) is 5.91 Å². The van der Waals surface area contributed by atoms with E-state index in [2.05, 4.69) is 20.6 Å². The maximum absolute atomic E-state index is 12.3. The maximum atomic E-state index is 12.3.